The van der Waals surface area contributed by atoms with Crippen LogP contribution in [0.2, 0.25) is 0 Å². The van der Waals surface area contributed by atoms with Crippen molar-refractivity contribution in [1.29, 1.82) is 0 Å². The predicted molar refractivity (Wildman–Crippen MR) is 80.1 cm³/mol. The van der Waals surface area contributed by atoms with Gasteiger partial charge in [0.05, 0.1) is 38.1 Å². The first-order valence-corrected chi connectivity index (χ1v) is 8.00. The van der Waals surface area contributed by atoms with Crippen molar-refractivity contribution in [1.82, 2.24) is 0 Å². The zero-order valence-electron chi connectivity index (χ0n) is 13.6. The van der Waals surface area contributed by atoms with Crippen LogP contribution in [0.3, 0.4) is 0 Å². The Morgan fingerprint density at radius 3 is 2.15 bits per heavy atom. The summed E-state index contributed by atoms with van der Waals surface area (Å²) < 4.78 is 21.4. The van der Waals surface area contributed by atoms with Crippen LogP contribution in [0.25, 0.3) is 0 Å². The summed E-state index contributed by atoms with van der Waals surface area (Å²) in [6.07, 6.45) is 4.62. The van der Waals surface area contributed by atoms with Gasteiger partial charge in [-0.25, -0.2) is 0 Å². The zero-order valence-corrected chi connectivity index (χ0v) is 13.6. The van der Waals surface area contributed by atoms with Crippen molar-refractivity contribution in [2.45, 2.75) is 65.3 Å². The van der Waals surface area contributed by atoms with Crippen molar-refractivity contribution < 1.29 is 18.9 Å². The summed E-state index contributed by atoms with van der Waals surface area (Å²) >= 11 is 0. The molecule has 120 valence electrons. The molecule has 0 saturated carbocycles. The standard InChI is InChI=1S/2C8H16O2/c1-7(2)10-6-8-3-4-9-5-8;1-7(2)10-6-8-4-3-5-9-8/h2*7-8H,3-6H2,1-2H3. The summed E-state index contributed by atoms with van der Waals surface area (Å²) in [7, 11) is 0. The lowest BCUT2D eigenvalue weighted by Crippen LogP contribution is -2.17. The fourth-order valence-electron chi connectivity index (χ4n) is 2.12. The van der Waals surface area contributed by atoms with Gasteiger partial charge in [-0.05, 0) is 47.0 Å². The van der Waals surface area contributed by atoms with Crippen molar-refractivity contribution in [3.63, 3.8) is 0 Å². The van der Waals surface area contributed by atoms with E-state index in [9.17, 15) is 0 Å². The van der Waals surface area contributed by atoms with Crippen LogP contribution in [0.4, 0.5) is 0 Å². The maximum atomic E-state index is 5.45. The molecule has 0 N–H and O–H groups in total. The van der Waals surface area contributed by atoms with Crippen molar-refractivity contribution >= 4 is 0 Å². The Balaban J connectivity index is 0.000000200. The van der Waals surface area contributed by atoms with Crippen molar-refractivity contribution in [2.24, 2.45) is 5.92 Å². The first-order chi connectivity index (χ1) is 9.58. The Morgan fingerprint density at radius 2 is 1.65 bits per heavy atom. The second-order valence-corrected chi connectivity index (χ2v) is 6.13. The lowest BCUT2D eigenvalue weighted by molar-refractivity contribution is -0.00761. The summed E-state index contributed by atoms with van der Waals surface area (Å²) in [5.74, 6) is 0.655. The van der Waals surface area contributed by atoms with Crippen LogP contribution in [0.1, 0.15) is 47.0 Å². The minimum Gasteiger partial charge on any atom is -0.381 e. The van der Waals surface area contributed by atoms with E-state index in [1.165, 1.54) is 19.3 Å². The second kappa shape index (κ2) is 10.6. The Labute approximate surface area is 124 Å². The lowest BCUT2D eigenvalue weighted by atomic mass is 10.1. The molecule has 0 spiro atoms. The third-order valence-corrected chi connectivity index (χ3v) is 3.33. The molecule has 2 fully saturated rings. The van der Waals surface area contributed by atoms with Gasteiger partial charge in [0.15, 0.2) is 0 Å². The lowest BCUT2D eigenvalue weighted by Gasteiger charge is -2.11. The van der Waals surface area contributed by atoms with E-state index in [4.69, 9.17) is 18.9 Å². The topological polar surface area (TPSA) is 36.9 Å². The number of hydrogen-bond acceptors (Lipinski definition) is 4. The van der Waals surface area contributed by atoms with Crippen LogP contribution in [0, 0.1) is 5.92 Å². The summed E-state index contributed by atoms with van der Waals surface area (Å²) in [5.41, 5.74) is 0. The average molecular weight is 288 g/mol. The molecule has 2 aliphatic heterocycles. The van der Waals surface area contributed by atoms with Crippen molar-refractivity contribution in [2.75, 3.05) is 33.0 Å². The van der Waals surface area contributed by atoms with E-state index in [1.54, 1.807) is 0 Å². The fraction of sp³-hybridized carbons (Fsp3) is 1.00. The minimum absolute atomic E-state index is 0.337. The molecule has 0 aromatic carbocycles. The van der Waals surface area contributed by atoms with Gasteiger partial charge in [0, 0.05) is 19.1 Å². The van der Waals surface area contributed by atoms with Gasteiger partial charge in [0.25, 0.3) is 0 Å². The molecule has 0 aromatic heterocycles. The largest absolute Gasteiger partial charge is 0.381 e. The van der Waals surface area contributed by atoms with E-state index >= 15 is 0 Å². The molecule has 0 aromatic rings. The van der Waals surface area contributed by atoms with E-state index < -0.39 is 0 Å². The molecular weight excluding hydrogens is 256 g/mol. The highest BCUT2D eigenvalue weighted by Crippen LogP contribution is 2.13. The van der Waals surface area contributed by atoms with Gasteiger partial charge < -0.3 is 18.9 Å². The molecule has 0 radical (unpaired) electrons. The molecular formula is C16H32O4. The number of rotatable bonds is 6. The minimum atomic E-state index is 0.337. The normalized spacial score (nSPS) is 26.1. The van der Waals surface area contributed by atoms with Crippen LogP contribution in [-0.2, 0) is 18.9 Å². The first-order valence-electron chi connectivity index (χ1n) is 8.00. The molecule has 4 heteroatoms. The Bertz CT molecular complexity index is 195. The monoisotopic (exact) mass is 288 g/mol. The highest BCUT2D eigenvalue weighted by Gasteiger charge is 2.16. The molecule has 2 aliphatic rings. The van der Waals surface area contributed by atoms with E-state index in [0.29, 0.717) is 24.2 Å². The summed E-state index contributed by atoms with van der Waals surface area (Å²) in [6, 6.07) is 0. The highest BCUT2D eigenvalue weighted by molar-refractivity contribution is 4.64. The van der Waals surface area contributed by atoms with Gasteiger partial charge >= 0.3 is 0 Å². The van der Waals surface area contributed by atoms with Gasteiger partial charge in [-0.2, -0.15) is 0 Å². The molecule has 0 aliphatic carbocycles. The number of hydrogen-bond donors (Lipinski definition) is 0. The van der Waals surface area contributed by atoms with Gasteiger partial charge in [-0.1, -0.05) is 0 Å². The highest BCUT2D eigenvalue weighted by atomic mass is 16.5. The molecule has 2 atom stereocenters. The second-order valence-electron chi connectivity index (χ2n) is 6.13. The molecule has 20 heavy (non-hydrogen) atoms. The van der Waals surface area contributed by atoms with E-state index in [0.717, 1.165) is 33.0 Å². The van der Waals surface area contributed by atoms with Gasteiger partial charge in [-0.3, -0.25) is 0 Å². The third kappa shape index (κ3) is 8.90. The molecule has 4 nitrogen and oxygen atoms in total. The predicted octanol–water partition coefficient (Wildman–Crippen LogP) is 3.04. The SMILES string of the molecule is CC(C)OCC1CCCO1.CC(C)OCC1CCOC1. The zero-order chi connectivity index (χ0) is 14.8. The maximum absolute atomic E-state index is 5.45. The molecule has 2 heterocycles. The fourth-order valence-corrected chi connectivity index (χ4v) is 2.12. The van der Waals surface area contributed by atoms with Crippen molar-refractivity contribution in [3.05, 3.63) is 0 Å². The average Bonchev–Trinajstić information content (AvgIpc) is 3.08. The smallest absolute Gasteiger partial charge is 0.0809 e. The Morgan fingerprint density at radius 1 is 0.950 bits per heavy atom. The summed E-state index contributed by atoms with van der Waals surface area (Å²) in [4.78, 5) is 0. The first kappa shape index (κ1) is 17.9. The van der Waals surface area contributed by atoms with Crippen molar-refractivity contribution in [3.8, 4) is 0 Å². The van der Waals surface area contributed by atoms with Crippen LogP contribution in [0.5, 0.6) is 0 Å². The Kier molecular flexibility index (Phi) is 9.44. The molecule has 0 amide bonds. The number of ether oxygens (including phenoxy) is 4. The van der Waals surface area contributed by atoms with E-state index in [-0.39, 0.29) is 0 Å². The molecule has 2 saturated heterocycles. The summed E-state index contributed by atoms with van der Waals surface area (Å²) in [5, 5.41) is 0. The molecule has 2 rings (SSSR count). The van der Waals surface area contributed by atoms with E-state index in [1.807, 2.05) is 0 Å². The van der Waals surface area contributed by atoms with Crippen LogP contribution < -0.4 is 0 Å². The van der Waals surface area contributed by atoms with Gasteiger partial charge in [0.2, 0.25) is 0 Å². The molecule has 2 unspecified atom stereocenters. The van der Waals surface area contributed by atoms with E-state index in [2.05, 4.69) is 27.7 Å². The van der Waals surface area contributed by atoms with Crippen LogP contribution >= 0.6 is 0 Å². The quantitative estimate of drug-likeness (QED) is 0.753. The van der Waals surface area contributed by atoms with Gasteiger partial charge in [0.1, 0.15) is 0 Å². The van der Waals surface area contributed by atoms with Gasteiger partial charge in [-0.15, -0.1) is 0 Å². The molecule has 0 bridgehead atoms. The van der Waals surface area contributed by atoms with Crippen LogP contribution in [0.15, 0.2) is 0 Å². The van der Waals surface area contributed by atoms with Crippen LogP contribution in [-0.4, -0.2) is 51.3 Å². The maximum Gasteiger partial charge on any atom is 0.0809 e. The Hall–Kier alpha value is -0.160. The summed E-state index contributed by atoms with van der Waals surface area (Å²) in [6.45, 7) is 12.6. The third-order valence-electron chi connectivity index (χ3n) is 3.33.